The summed E-state index contributed by atoms with van der Waals surface area (Å²) in [5.41, 5.74) is 1.83. The van der Waals surface area contributed by atoms with Crippen LogP contribution in [0.1, 0.15) is 27.8 Å². The van der Waals surface area contributed by atoms with Crippen molar-refractivity contribution in [2.45, 2.75) is 6.10 Å². The molecule has 0 bridgehead atoms. The van der Waals surface area contributed by atoms with Gasteiger partial charge in [-0.1, -0.05) is 30.3 Å². The van der Waals surface area contributed by atoms with Crippen molar-refractivity contribution in [1.29, 1.82) is 0 Å². The molecule has 0 radical (unpaired) electrons. The summed E-state index contributed by atoms with van der Waals surface area (Å²) in [7, 11) is 1.58. The van der Waals surface area contributed by atoms with E-state index in [1.807, 2.05) is 30.3 Å². The third-order valence-corrected chi connectivity index (χ3v) is 3.23. The van der Waals surface area contributed by atoms with Gasteiger partial charge in [0.25, 0.3) is 0 Å². The first-order valence-corrected chi connectivity index (χ1v) is 6.36. The number of rotatable bonds is 4. The quantitative estimate of drug-likeness (QED) is 0.767. The van der Waals surface area contributed by atoms with Gasteiger partial charge in [0.2, 0.25) is 0 Å². The number of carboxylic acids is 1. The number of benzene rings is 1. The molecule has 21 heavy (non-hydrogen) atoms. The van der Waals surface area contributed by atoms with Crippen molar-refractivity contribution >= 4 is 17.1 Å². The molecule has 2 N–H and O–H groups in total. The highest BCUT2D eigenvalue weighted by atomic mass is 16.5. The molecule has 3 aromatic rings. The minimum Gasteiger partial charge on any atom is -0.478 e. The number of carbonyl (C=O) groups is 1. The maximum Gasteiger partial charge on any atom is 0.338 e. The van der Waals surface area contributed by atoms with Crippen LogP contribution < -0.4 is 0 Å². The Balaban J connectivity index is 2.12. The van der Waals surface area contributed by atoms with Crippen molar-refractivity contribution < 1.29 is 14.6 Å². The molecule has 1 aromatic carbocycles. The second-order valence-electron chi connectivity index (χ2n) is 4.51. The van der Waals surface area contributed by atoms with Gasteiger partial charge in [0.05, 0.1) is 11.1 Å². The number of carboxylic acid groups (broad SMARTS) is 1. The lowest BCUT2D eigenvalue weighted by atomic mass is 10.1. The van der Waals surface area contributed by atoms with Crippen LogP contribution >= 0.6 is 0 Å². The van der Waals surface area contributed by atoms with Crippen LogP contribution in [0.25, 0.3) is 11.2 Å². The Bertz CT molecular complexity index is 783. The Morgan fingerprint density at radius 3 is 2.71 bits per heavy atom. The first-order valence-electron chi connectivity index (χ1n) is 6.36. The Hall–Kier alpha value is -2.73. The maximum absolute atomic E-state index is 11.2. The first-order chi connectivity index (χ1) is 10.2. The zero-order chi connectivity index (χ0) is 14.8. The number of nitrogens with one attached hydrogen (secondary N) is 1. The van der Waals surface area contributed by atoms with Gasteiger partial charge < -0.3 is 14.8 Å². The summed E-state index contributed by atoms with van der Waals surface area (Å²) in [4.78, 5) is 22.7. The Morgan fingerprint density at radius 1 is 1.29 bits per heavy atom. The number of aromatic amines is 1. The molecule has 0 aliphatic carbocycles. The third kappa shape index (κ3) is 2.36. The Labute approximate surface area is 120 Å². The highest BCUT2D eigenvalue weighted by molar-refractivity contribution is 5.99. The van der Waals surface area contributed by atoms with E-state index in [4.69, 9.17) is 4.74 Å². The van der Waals surface area contributed by atoms with Gasteiger partial charge in [0.15, 0.2) is 5.65 Å². The van der Waals surface area contributed by atoms with Crippen LogP contribution in [0.2, 0.25) is 0 Å². The molecular formula is C15H13N3O3. The van der Waals surface area contributed by atoms with Crippen molar-refractivity contribution in [3.8, 4) is 0 Å². The fourth-order valence-electron chi connectivity index (χ4n) is 2.26. The summed E-state index contributed by atoms with van der Waals surface area (Å²) in [5, 5.41) is 9.20. The van der Waals surface area contributed by atoms with Gasteiger partial charge in [-0.25, -0.2) is 14.8 Å². The second kappa shape index (κ2) is 5.34. The van der Waals surface area contributed by atoms with Gasteiger partial charge in [-0.2, -0.15) is 0 Å². The van der Waals surface area contributed by atoms with Crippen molar-refractivity contribution in [2.75, 3.05) is 7.11 Å². The molecule has 106 valence electrons. The van der Waals surface area contributed by atoms with Crippen LogP contribution in [0.5, 0.6) is 0 Å². The largest absolute Gasteiger partial charge is 0.478 e. The maximum atomic E-state index is 11.2. The van der Waals surface area contributed by atoms with Crippen molar-refractivity contribution in [1.82, 2.24) is 15.0 Å². The molecule has 0 aliphatic heterocycles. The predicted octanol–water partition coefficient (Wildman–Crippen LogP) is 2.39. The highest BCUT2D eigenvalue weighted by Crippen LogP contribution is 2.25. The minimum atomic E-state index is -1.02. The van der Waals surface area contributed by atoms with E-state index in [0.717, 1.165) is 5.56 Å². The fraction of sp³-hybridized carbons (Fsp3) is 0.133. The molecular weight excluding hydrogens is 270 g/mol. The zero-order valence-electron chi connectivity index (χ0n) is 11.3. The summed E-state index contributed by atoms with van der Waals surface area (Å²) in [6, 6.07) is 11.0. The molecule has 2 heterocycles. The van der Waals surface area contributed by atoms with Crippen molar-refractivity contribution in [3.63, 3.8) is 0 Å². The SMILES string of the molecule is COC(c1ccccc1)c1nc2nccc(C(=O)O)c2[nH]1. The van der Waals surface area contributed by atoms with E-state index in [1.54, 1.807) is 7.11 Å². The van der Waals surface area contributed by atoms with Gasteiger partial charge in [0, 0.05) is 13.3 Å². The number of fused-ring (bicyclic) bond motifs is 1. The average molecular weight is 283 g/mol. The first kappa shape index (κ1) is 13.3. The van der Waals surface area contributed by atoms with E-state index in [2.05, 4.69) is 15.0 Å². The number of hydrogen-bond acceptors (Lipinski definition) is 4. The van der Waals surface area contributed by atoms with E-state index in [0.29, 0.717) is 17.0 Å². The van der Waals surface area contributed by atoms with Gasteiger partial charge >= 0.3 is 5.97 Å². The van der Waals surface area contributed by atoms with E-state index in [9.17, 15) is 9.90 Å². The zero-order valence-corrected chi connectivity index (χ0v) is 11.3. The van der Waals surface area contributed by atoms with Gasteiger partial charge in [-0.05, 0) is 11.6 Å². The van der Waals surface area contributed by atoms with E-state index < -0.39 is 12.1 Å². The number of hydrogen-bond donors (Lipinski definition) is 2. The Morgan fingerprint density at radius 2 is 2.05 bits per heavy atom. The summed E-state index contributed by atoms with van der Waals surface area (Å²) in [6.07, 6.45) is 1.03. The second-order valence-corrected chi connectivity index (χ2v) is 4.51. The lowest BCUT2D eigenvalue weighted by molar-refractivity contribution is 0.0698. The van der Waals surface area contributed by atoms with E-state index >= 15 is 0 Å². The lowest BCUT2D eigenvalue weighted by Gasteiger charge is -2.12. The van der Waals surface area contributed by atoms with Crippen molar-refractivity contribution in [2.24, 2.45) is 0 Å². The van der Waals surface area contributed by atoms with Crippen LogP contribution in [-0.4, -0.2) is 33.1 Å². The normalized spacial score (nSPS) is 12.4. The molecule has 1 unspecified atom stereocenters. The standard InChI is InChI=1S/C15H13N3O3/c1-21-12(9-5-3-2-4-6-9)14-17-11-10(15(19)20)7-8-16-13(11)18-14/h2-8,12H,1H3,(H,19,20)(H,16,17,18). The number of aromatic nitrogens is 3. The molecule has 6 heteroatoms. The average Bonchev–Trinajstić information content (AvgIpc) is 2.92. The Kier molecular flexibility index (Phi) is 3.37. The number of nitrogens with zero attached hydrogens (tertiary/aromatic N) is 2. The summed E-state index contributed by atoms with van der Waals surface area (Å²) in [6.45, 7) is 0. The van der Waals surface area contributed by atoms with Crippen LogP contribution in [-0.2, 0) is 4.74 Å². The number of pyridine rings is 1. The molecule has 0 amide bonds. The molecule has 0 aliphatic rings. The molecule has 3 rings (SSSR count). The molecule has 0 spiro atoms. The third-order valence-electron chi connectivity index (χ3n) is 3.23. The number of ether oxygens (including phenoxy) is 1. The molecule has 0 saturated heterocycles. The topological polar surface area (TPSA) is 88.1 Å². The van der Waals surface area contributed by atoms with Crippen LogP contribution in [0, 0.1) is 0 Å². The van der Waals surface area contributed by atoms with E-state index in [1.165, 1.54) is 12.3 Å². The number of imidazole rings is 1. The lowest BCUT2D eigenvalue weighted by Crippen LogP contribution is -2.05. The fourth-order valence-corrected chi connectivity index (χ4v) is 2.26. The van der Waals surface area contributed by atoms with Crippen LogP contribution in [0.3, 0.4) is 0 Å². The van der Waals surface area contributed by atoms with Crippen molar-refractivity contribution in [3.05, 3.63) is 59.5 Å². The minimum absolute atomic E-state index is 0.140. The van der Waals surface area contributed by atoms with Gasteiger partial charge in [0.1, 0.15) is 11.9 Å². The monoisotopic (exact) mass is 283 g/mol. The molecule has 0 saturated carbocycles. The summed E-state index contributed by atoms with van der Waals surface area (Å²) >= 11 is 0. The van der Waals surface area contributed by atoms with E-state index in [-0.39, 0.29) is 5.56 Å². The molecule has 0 fully saturated rings. The number of methoxy groups -OCH3 is 1. The smallest absolute Gasteiger partial charge is 0.338 e. The van der Waals surface area contributed by atoms with Crippen LogP contribution in [0.15, 0.2) is 42.6 Å². The number of H-pyrrole nitrogens is 1. The van der Waals surface area contributed by atoms with Gasteiger partial charge in [-0.3, -0.25) is 0 Å². The summed E-state index contributed by atoms with van der Waals surface area (Å²) in [5.74, 6) is -0.494. The molecule has 2 aromatic heterocycles. The van der Waals surface area contributed by atoms with Crippen LogP contribution in [0.4, 0.5) is 0 Å². The molecule has 1 atom stereocenters. The number of aromatic carboxylic acids is 1. The molecule has 6 nitrogen and oxygen atoms in total. The predicted molar refractivity (Wildman–Crippen MR) is 76.1 cm³/mol. The van der Waals surface area contributed by atoms with Gasteiger partial charge in [-0.15, -0.1) is 0 Å². The highest BCUT2D eigenvalue weighted by Gasteiger charge is 2.20. The summed E-state index contributed by atoms with van der Waals surface area (Å²) < 4.78 is 5.48.